The monoisotopic (exact) mass is 523 g/mol. The highest BCUT2D eigenvalue weighted by molar-refractivity contribution is 6.46. The van der Waals surface area contributed by atoms with E-state index in [9.17, 15) is 19.5 Å². The molecule has 0 bridgehead atoms. The number of aromatic amines is 1. The molecule has 0 aliphatic carbocycles. The quantitative estimate of drug-likeness (QED) is 0.210. The van der Waals surface area contributed by atoms with E-state index in [1.54, 1.807) is 18.7 Å². The van der Waals surface area contributed by atoms with E-state index in [1.807, 2.05) is 24.3 Å². The first-order valence-corrected chi connectivity index (χ1v) is 13.3. The number of ether oxygens (including phenoxy) is 1. The number of hydrogen-bond acceptors (Lipinski definition) is 6. The van der Waals surface area contributed by atoms with Crippen molar-refractivity contribution in [1.82, 2.24) is 14.8 Å². The van der Waals surface area contributed by atoms with Gasteiger partial charge < -0.3 is 24.6 Å². The molecule has 1 aliphatic rings. The fourth-order valence-corrected chi connectivity index (χ4v) is 5.17. The number of carbonyl (C=O) groups is 3. The van der Waals surface area contributed by atoms with Gasteiger partial charge in [-0.2, -0.15) is 0 Å². The molecule has 3 rings (SSSR count). The number of nitrogens with one attached hydrogen (secondary N) is 1. The molecule has 2 heterocycles. The Hall–Kier alpha value is -3.39. The number of aryl methyl sites for hydroxylation is 1. The number of aliphatic hydroxyl groups excluding tert-OH is 1. The molecular weight excluding hydrogens is 482 g/mol. The molecule has 1 aromatic heterocycles. The lowest BCUT2D eigenvalue weighted by Gasteiger charge is -2.27. The van der Waals surface area contributed by atoms with E-state index in [2.05, 4.69) is 44.5 Å². The summed E-state index contributed by atoms with van der Waals surface area (Å²) >= 11 is 0. The summed E-state index contributed by atoms with van der Waals surface area (Å²) in [7, 11) is 1.28. The van der Waals surface area contributed by atoms with E-state index in [4.69, 9.17) is 4.74 Å². The van der Waals surface area contributed by atoms with Crippen molar-refractivity contribution >= 4 is 23.4 Å². The van der Waals surface area contributed by atoms with E-state index in [0.29, 0.717) is 29.8 Å². The maximum absolute atomic E-state index is 13.4. The number of aliphatic hydroxyl groups is 1. The Bertz CT molecular complexity index is 1230. The molecule has 38 heavy (non-hydrogen) atoms. The molecule has 8 heteroatoms. The number of hydrogen-bond donors (Lipinski definition) is 2. The smallest absolute Gasteiger partial charge is 0.354 e. The molecule has 1 fully saturated rings. The zero-order chi connectivity index (χ0) is 28.4. The van der Waals surface area contributed by atoms with Crippen LogP contribution in [0.25, 0.3) is 5.76 Å². The second kappa shape index (κ2) is 11.6. The maximum Gasteiger partial charge on any atom is 0.354 e. The standard InChI is InChI=1S/C30H41N3O5/c1-9-32(10-2)16-11-17-33-25(20-12-14-21(15-13-20)30(5,6)7)23(27(35)28(33)36)26(34)22-18(3)24(29(37)38-8)31-19(22)4/h12-15,25,31,34H,9-11,16-17H2,1-8H3/t25-/m0/s1. The molecule has 1 aromatic carbocycles. The van der Waals surface area contributed by atoms with Crippen LogP contribution >= 0.6 is 0 Å². The lowest BCUT2D eigenvalue weighted by Crippen LogP contribution is -2.33. The predicted molar refractivity (Wildman–Crippen MR) is 148 cm³/mol. The Kier molecular flexibility index (Phi) is 8.87. The lowest BCUT2D eigenvalue weighted by molar-refractivity contribution is -0.140. The number of benzene rings is 1. The number of ketones is 1. The Labute approximate surface area is 225 Å². The van der Waals surface area contributed by atoms with Crippen LogP contribution in [0.3, 0.4) is 0 Å². The van der Waals surface area contributed by atoms with Gasteiger partial charge in [-0.25, -0.2) is 4.79 Å². The van der Waals surface area contributed by atoms with Crippen molar-refractivity contribution in [3.63, 3.8) is 0 Å². The van der Waals surface area contributed by atoms with Gasteiger partial charge in [-0.05, 0) is 62.0 Å². The SMILES string of the molecule is CCN(CC)CCCN1C(=O)C(=O)C(=C(O)c2c(C)[nH]c(C(=O)OC)c2C)[C@@H]1c1ccc(C(C)(C)C)cc1. The van der Waals surface area contributed by atoms with Crippen molar-refractivity contribution in [2.24, 2.45) is 0 Å². The third-order valence-electron chi connectivity index (χ3n) is 7.46. The highest BCUT2D eigenvalue weighted by Gasteiger charge is 2.46. The van der Waals surface area contributed by atoms with Crippen molar-refractivity contribution in [2.75, 3.05) is 33.3 Å². The molecular formula is C30H41N3O5. The van der Waals surface area contributed by atoms with Gasteiger partial charge in [-0.3, -0.25) is 9.59 Å². The third kappa shape index (κ3) is 5.55. The first-order chi connectivity index (χ1) is 17.9. The largest absolute Gasteiger partial charge is 0.507 e. The van der Waals surface area contributed by atoms with E-state index < -0.39 is 23.7 Å². The van der Waals surface area contributed by atoms with Crippen LogP contribution in [0, 0.1) is 13.8 Å². The third-order valence-corrected chi connectivity index (χ3v) is 7.46. The number of rotatable bonds is 9. The summed E-state index contributed by atoms with van der Waals surface area (Å²) in [6.07, 6.45) is 0.694. The summed E-state index contributed by atoms with van der Waals surface area (Å²) < 4.78 is 4.86. The lowest BCUT2D eigenvalue weighted by atomic mass is 9.85. The molecule has 8 nitrogen and oxygen atoms in total. The average Bonchev–Trinajstić information content (AvgIpc) is 3.32. The van der Waals surface area contributed by atoms with Crippen LogP contribution in [0.15, 0.2) is 29.8 Å². The van der Waals surface area contributed by atoms with Crippen LogP contribution in [0.1, 0.15) is 85.5 Å². The first-order valence-electron chi connectivity index (χ1n) is 13.3. The van der Waals surface area contributed by atoms with Gasteiger partial charge in [0.2, 0.25) is 0 Å². The van der Waals surface area contributed by atoms with Crippen molar-refractivity contribution in [2.45, 2.75) is 66.3 Å². The van der Waals surface area contributed by atoms with Gasteiger partial charge in [0.15, 0.2) is 0 Å². The summed E-state index contributed by atoms with van der Waals surface area (Å²) in [4.78, 5) is 45.8. The fourth-order valence-electron chi connectivity index (χ4n) is 5.17. The number of esters is 1. The minimum absolute atomic E-state index is 0.0305. The first kappa shape index (κ1) is 29.2. The van der Waals surface area contributed by atoms with Gasteiger partial charge in [-0.1, -0.05) is 58.9 Å². The number of likely N-dealkylation sites (tertiary alicyclic amines) is 1. The highest BCUT2D eigenvalue weighted by atomic mass is 16.5. The minimum Gasteiger partial charge on any atom is -0.507 e. The van der Waals surface area contributed by atoms with Gasteiger partial charge >= 0.3 is 5.97 Å². The van der Waals surface area contributed by atoms with E-state index in [1.165, 1.54) is 7.11 Å². The Morgan fingerprint density at radius 1 is 1.11 bits per heavy atom. The number of aromatic nitrogens is 1. The van der Waals surface area contributed by atoms with Crippen molar-refractivity contribution in [3.05, 3.63) is 63.5 Å². The number of nitrogens with zero attached hydrogens (tertiary/aromatic N) is 2. The molecule has 206 valence electrons. The molecule has 0 saturated carbocycles. The average molecular weight is 524 g/mol. The Morgan fingerprint density at radius 2 is 1.71 bits per heavy atom. The van der Waals surface area contributed by atoms with Crippen LogP contribution in [0.2, 0.25) is 0 Å². The summed E-state index contributed by atoms with van der Waals surface area (Å²) in [5.74, 6) is -2.22. The zero-order valence-corrected chi connectivity index (χ0v) is 23.9. The van der Waals surface area contributed by atoms with Crippen LogP contribution < -0.4 is 0 Å². The molecule has 2 aromatic rings. The molecule has 1 saturated heterocycles. The Morgan fingerprint density at radius 3 is 2.24 bits per heavy atom. The number of H-pyrrole nitrogens is 1. The summed E-state index contributed by atoms with van der Waals surface area (Å²) in [5.41, 5.74) is 3.35. The number of amides is 1. The topological polar surface area (TPSA) is 103 Å². The van der Waals surface area contributed by atoms with Gasteiger partial charge in [0.1, 0.15) is 11.5 Å². The number of carbonyl (C=O) groups excluding carboxylic acids is 3. The van der Waals surface area contributed by atoms with Crippen LogP contribution in [0.4, 0.5) is 0 Å². The van der Waals surface area contributed by atoms with E-state index in [-0.39, 0.29) is 22.4 Å². The van der Waals surface area contributed by atoms with Crippen LogP contribution in [0.5, 0.6) is 0 Å². The minimum atomic E-state index is -0.740. The van der Waals surface area contributed by atoms with Crippen molar-refractivity contribution in [1.29, 1.82) is 0 Å². The summed E-state index contributed by atoms with van der Waals surface area (Å²) in [6.45, 7) is 16.9. The summed E-state index contributed by atoms with van der Waals surface area (Å²) in [6, 6.07) is 7.13. The van der Waals surface area contributed by atoms with Gasteiger partial charge in [0, 0.05) is 17.8 Å². The summed E-state index contributed by atoms with van der Waals surface area (Å²) in [5, 5.41) is 11.6. The molecule has 0 radical (unpaired) electrons. The normalized spacial score (nSPS) is 17.5. The molecule has 2 N–H and O–H groups in total. The fraction of sp³-hybridized carbons (Fsp3) is 0.500. The second-order valence-corrected chi connectivity index (χ2v) is 10.9. The van der Waals surface area contributed by atoms with Crippen LogP contribution in [-0.4, -0.2) is 70.8 Å². The highest BCUT2D eigenvalue weighted by Crippen LogP contribution is 2.41. The number of Topliss-reactive ketones (excluding diaryl/α,β-unsaturated/α-hetero) is 1. The van der Waals surface area contributed by atoms with Gasteiger partial charge in [0.05, 0.1) is 18.7 Å². The molecule has 0 unspecified atom stereocenters. The molecule has 1 atom stereocenters. The van der Waals surface area contributed by atoms with E-state index >= 15 is 0 Å². The zero-order valence-electron chi connectivity index (χ0n) is 23.9. The maximum atomic E-state index is 13.4. The van der Waals surface area contributed by atoms with Crippen molar-refractivity contribution in [3.8, 4) is 0 Å². The van der Waals surface area contributed by atoms with Gasteiger partial charge in [-0.15, -0.1) is 0 Å². The van der Waals surface area contributed by atoms with Crippen LogP contribution in [-0.2, 0) is 19.7 Å². The predicted octanol–water partition coefficient (Wildman–Crippen LogP) is 4.87. The molecule has 1 amide bonds. The second-order valence-electron chi connectivity index (χ2n) is 10.9. The number of methoxy groups -OCH3 is 1. The van der Waals surface area contributed by atoms with Crippen molar-refractivity contribution < 1.29 is 24.2 Å². The van der Waals surface area contributed by atoms with Gasteiger partial charge in [0.25, 0.3) is 11.7 Å². The Balaban J connectivity index is 2.14. The van der Waals surface area contributed by atoms with E-state index in [0.717, 1.165) is 30.8 Å². The molecule has 0 spiro atoms. The molecule has 1 aliphatic heterocycles.